The number of carbonyl (C=O) groups excluding carboxylic acids is 1. The molecule has 156 valence electrons. The Kier molecular flexibility index (Phi) is 13.3. The number of thioether (sulfide) groups is 2. The van der Waals surface area contributed by atoms with Crippen molar-refractivity contribution in [2.75, 3.05) is 16.8 Å². The van der Waals surface area contributed by atoms with Gasteiger partial charge in [-0.2, -0.15) is 0 Å². The number of nitrogens with zero attached hydrogens (tertiary/aromatic N) is 2. The molecule has 0 radical (unpaired) electrons. The number of hydrogen-bond acceptors (Lipinski definition) is 6. The number of nitrogens with two attached hydrogens (primary N) is 1. The molecule has 0 bridgehead atoms. The van der Waals surface area contributed by atoms with E-state index < -0.39 is 5.54 Å². The number of rotatable bonds is 6. The van der Waals surface area contributed by atoms with Crippen LogP contribution in [0.4, 0.5) is 10.1 Å². The van der Waals surface area contributed by atoms with E-state index in [2.05, 4.69) is 28.9 Å². The quantitative estimate of drug-likeness (QED) is 0.472. The van der Waals surface area contributed by atoms with E-state index in [0.29, 0.717) is 29.2 Å². The fraction of sp³-hybridized carbons (Fsp3) is 0.450. The second-order valence-electron chi connectivity index (χ2n) is 5.63. The van der Waals surface area contributed by atoms with Gasteiger partial charge < -0.3 is 11.1 Å². The number of allylic oxidation sites excluding steroid dienone is 1. The molecule has 1 aliphatic rings. The van der Waals surface area contributed by atoms with Crippen molar-refractivity contribution >= 4 is 47.5 Å². The number of amides is 1. The van der Waals surface area contributed by atoms with Gasteiger partial charge in [-0.3, -0.25) is 14.8 Å². The van der Waals surface area contributed by atoms with Gasteiger partial charge in [0.2, 0.25) is 6.41 Å². The number of halogens is 1. The molecule has 0 unspecified atom stereocenters. The number of nitrogens with one attached hydrogen (secondary N) is 1. The van der Waals surface area contributed by atoms with Crippen LogP contribution >= 0.6 is 23.5 Å². The van der Waals surface area contributed by atoms with Gasteiger partial charge in [0.15, 0.2) is 5.17 Å². The van der Waals surface area contributed by atoms with Crippen molar-refractivity contribution in [3.8, 4) is 0 Å². The van der Waals surface area contributed by atoms with E-state index in [1.54, 1.807) is 24.0 Å². The van der Waals surface area contributed by atoms with Gasteiger partial charge in [-0.05, 0) is 55.8 Å². The molecule has 1 aliphatic heterocycles. The number of benzene rings is 1. The van der Waals surface area contributed by atoms with Gasteiger partial charge in [-0.15, -0.1) is 11.8 Å². The summed E-state index contributed by atoms with van der Waals surface area (Å²) in [4.78, 5) is 19.6. The Hall–Kier alpha value is -1.80. The van der Waals surface area contributed by atoms with Crippen molar-refractivity contribution in [2.24, 2.45) is 15.7 Å². The molecule has 0 fully saturated rings. The van der Waals surface area contributed by atoms with Crippen LogP contribution in [-0.4, -0.2) is 29.8 Å². The van der Waals surface area contributed by atoms with Crippen LogP contribution in [0.1, 0.15) is 46.6 Å². The lowest BCUT2D eigenvalue weighted by Crippen LogP contribution is -2.29. The maximum absolute atomic E-state index is 13.9. The lowest BCUT2D eigenvalue weighted by atomic mass is 9.89. The van der Waals surface area contributed by atoms with Crippen LogP contribution in [0.25, 0.3) is 0 Å². The molecule has 1 aromatic carbocycles. The van der Waals surface area contributed by atoms with Crippen LogP contribution in [0.3, 0.4) is 0 Å². The fourth-order valence-corrected chi connectivity index (χ4v) is 3.95. The fourth-order valence-electron chi connectivity index (χ4n) is 2.37. The number of anilines is 1. The average Bonchev–Trinajstić information content (AvgIpc) is 2.66. The first-order chi connectivity index (χ1) is 13.4. The maximum Gasteiger partial charge on any atom is 0.211 e. The molecule has 1 heterocycles. The third-order valence-electron chi connectivity index (χ3n) is 3.61. The Morgan fingerprint density at radius 2 is 2.21 bits per heavy atom. The molecule has 28 heavy (non-hydrogen) atoms. The van der Waals surface area contributed by atoms with E-state index in [9.17, 15) is 9.18 Å². The molecule has 1 amide bonds. The van der Waals surface area contributed by atoms with Gasteiger partial charge in [0, 0.05) is 23.2 Å². The van der Waals surface area contributed by atoms with Crippen LogP contribution in [0.5, 0.6) is 0 Å². The predicted octanol–water partition coefficient (Wildman–Crippen LogP) is 5.39. The highest BCUT2D eigenvalue weighted by molar-refractivity contribution is 8.13. The van der Waals surface area contributed by atoms with Crippen LogP contribution < -0.4 is 11.1 Å². The minimum atomic E-state index is -0.667. The summed E-state index contributed by atoms with van der Waals surface area (Å²) in [7, 11) is 0. The first-order valence-corrected chi connectivity index (χ1v) is 11.1. The first-order valence-electron chi connectivity index (χ1n) is 9.10. The van der Waals surface area contributed by atoms with E-state index in [1.807, 2.05) is 27.7 Å². The van der Waals surface area contributed by atoms with Crippen molar-refractivity contribution in [3.05, 3.63) is 40.7 Å². The summed E-state index contributed by atoms with van der Waals surface area (Å²) in [5.41, 5.74) is 6.05. The number of hydrogen-bond donors (Lipinski definition) is 2. The summed E-state index contributed by atoms with van der Waals surface area (Å²) >= 11 is 3.25. The largest absolute Gasteiger partial charge is 0.379 e. The summed E-state index contributed by atoms with van der Waals surface area (Å²) in [6.07, 6.45) is 3.04. The first kappa shape index (κ1) is 26.2. The summed E-state index contributed by atoms with van der Waals surface area (Å²) in [5.74, 6) is 1.58. The van der Waals surface area contributed by atoms with Gasteiger partial charge in [0.05, 0.1) is 5.54 Å². The number of aliphatic imine (C=N–C) groups is 2. The Morgan fingerprint density at radius 1 is 1.54 bits per heavy atom. The van der Waals surface area contributed by atoms with E-state index >= 15 is 0 Å². The monoisotopic (exact) mass is 426 g/mol. The molecule has 0 saturated carbocycles. The minimum Gasteiger partial charge on any atom is -0.379 e. The summed E-state index contributed by atoms with van der Waals surface area (Å²) in [5, 5.41) is 2.98. The van der Waals surface area contributed by atoms with Gasteiger partial charge in [0.25, 0.3) is 0 Å². The van der Waals surface area contributed by atoms with Gasteiger partial charge >= 0.3 is 0 Å². The standard InChI is InChI=1S/C12H14FN3OS.C6H11NS.C2H6/c1-12(4-5-18-11(14)16-12)9-6-8(15-7-17)2-3-10(9)13;1-4-8-6(2)5-7-3;1-2/h2-3,6-7H,4-5H2,1H3,(H2,14,16)(H,15,17);5H,3-4H2,1-2H3;1-2H3/b;6-5-;/t12-;;/m0../s1. The molecule has 8 heteroatoms. The normalized spacial score (nSPS) is 18.5. The van der Waals surface area contributed by atoms with Crippen LogP contribution in [0, 0.1) is 5.82 Å². The van der Waals surface area contributed by atoms with Crippen LogP contribution in [0.2, 0.25) is 0 Å². The highest BCUT2D eigenvalue weighted by atomic mass is 32.2. The number of carbonyl (C=O) groups is 1. The summed E-state index contributed by atoms with van der Waals surface area (Å²) < 4.78 is 13.9. The van der Waals surface area contributed by atoms with E-state index in [-0.39, 0.29) is 5.82 Å². The highest BCUT2D eigenvalue weighted by Crippen LogP contribution is 2.37. The lowest BCUT2D eigenvalue weighted by Gasteiger charge is -2.30. The zero-order valence-electron chi connectivity index (χ0n) is 17.3. The Labute approximate surface area is 176 Å². The molecule has 5 nitrogen and oxygen atoms in total. The lowest BCUT2D eigenvalue weighted by molar-refractivity contribution is -0.105. The van der Waals surface area contributed by atoms with Gasteiger partial charge in [0.1, 0.15) is 5.82 Å². The third kappa shape index (κ3) is 8.93. The Morgan fingerprint density at radius 3 is 2.75 bits per heavy atom. The SMILES string of the molecule is C=N/C=C(/C)SCC.CC.C[C@@]1(c2cc(NC=O)ccc2F)CCSC(N)=N1. The third-order valence-corrected chi connectivity index (χ3v) is 5.26. The molecule has 0 spiro atoms. The zero-order valence-corrected chi connectivity index (χ0v) is 18.9. The smallest absolute Gasteiger partial charge is 0.211 e. The molecule has 0 aliphatic carbocycles. The summed E-state index contributed by atoms with van der Waals surface area (Å²) in [6.45, 7) is 13.3. The van der Waals surface area contributed by atoms with E-state index in [4.69, 9.17) is 5.73 Å². The Bertz CT molecular complexity index is 695. The molecule has 3 N–H and O–H groups in total. The molecule has 1 aromatic rings. The van der Waals surface area contributed by atoms with Crippen LogP contribution in [-0.2, 0) is 10.3 Å². The topological polar surface area (TPSA) is 79.8 Å². The van der Waals surface area contributed by atoms with Gasteiger partial charge in [-0.25, -0.2) is 4.39 Å². The minimum absolute atomic E-state index is 0.336. The number of amidine groups is 1. The van der Waals surface area contributed by atoms with E-state index in [0.717, 1.165) is 11.5 Å². The van der Waals surface area contributed by atoms with Crippen molar-refractivity contribution in [2.45, 2.75) is 46.6 Å². The average molecular weight is 427 g/mol. The van der Waals surface area contributed by atoms with Gasteiger partial charge in [-0.1, -0.05) is 32.5 Å². The molecule has 2 rings (SSSR count). The predicted molar refractivity (Wildman–Crippen MR) is 125 cm³/mol. The van der Waals surface area contributed by atoms with E-state index in [1.165, 1.54) is 28.8 Å². The molecule has 0 saturated heterocycles. The second-order valence-corrected chi connectivity index (χ2v) is 8.26. The zero-order chi connectivity index (χ0) is 21.6. The molecule has 1 atom stereocenters. The Balaban J connectivity index is 0.000000618. The maximum atomic E-state index is 13.9. The van der Waals surface area contributed by atoms with Crippen molar-refractivity contribution < 1.29 is 9.18 Å². The highest BCUT2D eigenvalue weighted by Gasteiger charge is 2.32. The van der Waals surface area contributed by atoms with Crippen molar-refractivity contribution in [3.63, 3.8) is 0 Å². The molecular weight excluding hydrogens is 395 g/mol. The molecular formula is C20H31FN4OS2. The van der Waals surface area contributed by atoms with Crippen molar-refractivity contribution in [1.29, 1.82) is 0 Å². The summed E-state index contributed by atoms with van der Waals surface area (Å²) in [6, 6.07) is 4.46. The van der Waals surface area contributed by atoms with Crippen LogP contribution in [0.15, 0.2) is 39.3 Å². The molecule has 0 aromatic heterocycles. The van der Waals surface area contributed by atoms with Crippen molar-refractivity contribution in [1.82, 2.24) is 0 Å². The second kappa shape index (κ2) is 14.2.